The number of aryl methyl sites for hydroxylation is 2. The van der Waals surface area contributed by atoms with Gasteiger partial charge in [-0.1, -0.05) is 19.1 Å². The van der Waals surface area contributed by atoms with Crippen molar-refractivity contribution in [2.75, 3.05) is 0 Å². The van der Waals surface area contributed by atoms with Crippen molar-refractivity contribution in [2.24, 2.45) is 5.73 Å². The van der Waals surface area contributed by atoms with Crippen molar-refractivity contribution in [2.45, 2.75) is 39.7 Å². The lowest BCUT2D eigenvalue weighted by Crippen LogP contribution is -2.22. The normalized spacial score (nSPS) is 12.4. The molecule has 106 valence electrons. The third-order valence-corrected chi connectivity index (χ3v) is 3.33. The number of hydrogen-bond donors (Lipinski definition) is 1. The molecule has 0 saturated heterocycles. The zero-order chi connectivity index (χ0) is 14.7. The molecule has 20 heavy (non-hydrogen) atoms. The van der Waals surface area contributed by atoms with Crippen LogP contribution in [0.3, 0.4) is 0 Å². The van der Waals surface area contributed by atoms with E-state index in [-0.39, 0.29) is 11.9 Å². The number of hydrogen-bond acceptors (Lipinski definition) is 3. The van der Waals surface area contributed by atoms with Gasteiger partial charge in [0.2, 0.25) is 0 Å². The fourth-order valence-electron chi connectivity index (χ4n) is 2.01. The molecule has 0 aliphatic carbocycles. The van der Waals surface area contributed by atoms with Gasteiger partial charge in [-0.15, -0.1) is 0 Å². The van der Waals surface area contributed by atoms with Gasteiger partial charge in [0.25, 0.3) is 0 Å². The SMILES string of the molecule is CCC(N)Cc1cc(C)nc(-c2ccc(C)c(F)c2)n1. The number of nitrogens with two attached hydrogens (primary N) is 1. The van der Waals surface area contributed by atoms with Gasteiger partial charge in [-0.25, -0.2) is 14.4 Å². The fourth-order valence-corrected chi connectivity index (χ4v) is 2.01. The molecule has 0 radical (unpaired) electrons. The molecule has 2 N–H and O–H groups in total. The maximum atomic E-state index is 13.7. The first-order valence-corrected chi connectivity index (χ1v) is 6.86. The van der Waals surface area contributed by atoms with Crippen molar-refractivity contribution < 1.29 is 4.39 Å². The van der Waals surface area contributed by atoms with Crippen LogP contribution in [0.4, 0.5) is 4.39 Å². The van der Waals surface area contributed by atoms with Gasteiger partial charge >= 0.3 is 0 Å². The molecular formula is C16H20FN3. The zero-order valence-electron chi connectivity index (χ0n) is 12.2. The molecule has 0 saturated carbocycles. The average Bonchev–Trinajstić information content (AvgIpc) is 2.41. The fraction of sp³-hybridized carbons (Fsp3) is 0.375. The minimum Gasteiger partial charge on any atom is -0.327 e. The maximum Gasteiger partial charge on any atom is 0.159 e. The quantitative estimate of drug-likeness (QED) is 0.930. The Hall–Kier alpha value is -1.81. The predicted molar refractivity (Wildman–Crippen MR) is 78.9 cm³/mol. The standard InChI is InChI=1S/C16H20FN3/c1-4-13(18)9-14-7-11(3)19-16(20-14)12-6-5-10(2)15(17)8-12/h5-8,13H,4,9,18H2,1-3H3. The van der Waals surface area contributed by atoms with Crippen molar-refractivity contribution >= 4 is 0 Å². The van der Waals surface area contributed by atoms with Crippen molar-refractivity contribution in [3.8, 4) is 11.4 Å². The van der Waals surface area contributed by atoms with E-state index < -0.39 is 0 Å². The van der Waals surface area contributed by atoms with Crippen LogP contribution < -0.4 is 5.73 Å². The van der Waals surface area contributed by atoms with E-state index in [0.717, 1.165) is 17.8 Å². The van der Waals surface area contributed by atoms with Crippen molar-refractivity contribution in [3.05, 3.63) is 47.0 Å². The van der Waals surface area contributed by atoms with E-state index in [1.165, 1.54) is 6.07 Å². The van der Waals surface area contributed by atoms with E-state index in [1.807, 2.05) is 19.1 Å². The summed E-state index contributed by atoms with van der Waals surface area (Å²) in [7, 11) is 0. The van der Waals surface area contributed by atoms with Gasteiger partial charge in [0, 0.05) is 29.4 Å². The van der Waals surface area contributed by atoms with Crippen LogP contribution in [0.5, 0.6) is 0 Å². The van der Waals surface area contributed by atoms with E-state index in [9.17, 15) is 4.39 Å². The Morgan fingerprint density at radius 1 is 1.20 bits per heavy atom. The average molecular weight is 273 g/mol. The highest BCUT2D eigenvalue weighted by Crippen LogP contribution is 2.19. The molecule has 1 unspecified atom stereocenters. The van der Waals surface area contributed by atoms with Crippen LogP contribution in [0.15, 0.2) is 24.3 Å². The smallest absolute Gasteiger partial charge is 0.159 e. The van der Waals surface area contributed by atoms with E-state index in [1.54, 1.807) is 13.0 Å². The van der Waals surface area contributed by atoms with Crippen molar-refractivity contribution in [1.29, 1.82) is 0 Å². The lowest BCUT2D eigenvalue weighted by atomic mass is 10.1. The minimum atomic E-state index is -0.237. The predicted octanol–water partition coefficient (Wildman–Crippen LogP) is 3.18. The highest BCUT2D eigenvalue weighted by atomic mass is 19.1. The summed E-state index contributed by atoms with van der Waals surface area (Å²) >= 11 is 0. The van der Waals surface area contributed by atoms with Gasteiger partial charge < -0.3 is 5.73 Å². The van der Waals surface area contributed by atoms with Crippen LogP contribution in [0.25, 0.3) is 11.4 Å². The van der Waals surface area contributed by atoms with Crippen LogP contribution in [0.2, 0.25) is 0 Å². The van der Waals surface area contributed by atoms with Crippen LogP contribution in [0.1, 0.15) is 30.3 Å². The van der Waals surface area contributed by atoms with E-state index in [0.29, 0.717) is 23.4 Å². The van der Waals surface area contributed by atoms with Crippen LogP contribution in [0, 0.1) is 19.7 Å². The molecule has 0 aliphatic heterocycles. The van der Waals surface area contributed by atoms with Gasteiger partial charge in [0.1, 0.15) is 5.82 Å². The third-order valence-electron chi connectivity index (χ3n) is 3.33. The topological polar surface area (TPSA) is 51.8 Å². The Kier molecular flexibility index (Phi) is 4.45. The Morgan fingerprint density at radius 3 is 2.60 bits per heavy atom. The molecule has 1 aromatic heterocycles. The summed E-state index contributed by atoms with van der Waals surface area (Å²) in [6.07, 6.45) is 1.61. The Labute approximate surface area is 119 Å². The largest absolute Gasteiger partial charge is 0.327 e. The molecular weight excluding hydrogens is 253 g/mol. The van der Waals surface area contributed by atoms with Crippen LogP contribution in [-0.4, -0.2) is 16.0 Å². The molecule has 0 aliphatic rings. The molecule has 0 spiro atoms. The van der Waals surface area contributed by atoms with Crippen molar-refractivity contribution in [1.82, 2.24) is 9.97 Å². The van der Waals surface area contributed by atoms with E-state index >= 15 is 0 Å². The number of halogens is 1. The summed E-state index contributed by atoms with van der Waals surface area (Å²) in [4.78, 5) is 8.89. The van der Waals surface area contributed by atoms with Gasteiger partial charge in [0.15, 0.2) is 5.82 Å². The van der Waals surface area contributed by atoms with E-state index in [4.69, 9.17) is 5.73 Å². The molecule has 0 bridgehead atoms. The van der Waals surface area contributed by atoms with E-state index in [2.05, 4.69) is 16.9 Å². The second-order valence-electron chi connectivity index (χ2n) is 5.16. The molecule has 4 heteroatoms. The summed E-state index contributed by atoms with van der Waals surface area (Å²) in [6, 6.07) is 7.09. The molecule has 0 fully saturated rings. The highest BCUT2D eigenvalue weighted by Gasteiger charge is 2.09. The second-order valence-corrected chi connectivity index (χ2v) is 5.16. The summed E-state index contributed by atoms with van der Waals surface area (Å²) in [6.45, 7) is 5.70. The lowest BCUT2D eigenvalue weighted by molar-refractivity contribution is 0.618. The van der Waals surface area contributed by atoms with Crippen molar-refractivity contribution in [3.63, 3.8) is 0 Å². The highest BCUT2D eigenvalue weighted by molar-refractivity contribution is 5.56. The number of benzene rings is 1. The first kappa shape index (κ1) is 14.6. The van der Waals surface area contributed by atoms with Crippen LogP contribution >= 0.6 is 0 Å². The molecule has 1 heterocycles. The second kappa shape index (κ2) is 6.09. The molecule has 1 atom stereocenters. The number of nitrogens with zero attached hydrogens (tertiary/aromatic N) is 2. The molecule has 3 nitrogen and oxygen atoms in total. The third kappa shape index (κ3) is 3.39. The summed E-state index contributed by atoms with van der Waals surface area (Å²) in [5, 5.41) is 0. The Bertz CT molecular complexity index is 611. The monoisotopic (exact) mass is 273 g/mol. The van der Waals surface area contributed by atoms with Gasteiger partial charge in [0.05, 0.1) is 0 Å². The summed E-state index contributed by atoms with van der Waals surface area (Å²) in [5.41, 5.74) is 9.06. The molecule has 1 aromatic carbocycles. The molecule has 2 rings (SSSR count). The van der Waals surface area contributed by atoms with Gasteiger partial charge in [-0.05, 0) is 38.0 Å². The molecule has 0 amide bonds. The first-order valence-electron chi connectivity index (χ1n) is 6.86. The number of aromatic nitrogens is 2. The molecule has 2 aromatic rings. The minimum absolute atomic E-state index is 0.0897. The summed E-state index contributed by atoms with van der Waals surface area (Å²) in [5.74, 6) is 0.321. The summed E-state index contributed by atoms with van der Waals surface area (Å²) < 4.78 is 13.7. The van der Waals surface area contributed by atoms with Gasteiger partial charge in [-0.3, -0.25) is 0 Å². The first-order chi connectivity index (χ1) is 9.49. The lowest BCUT2D eigenvalue weighted by Gasteiger charge is -2.10. The Morgan fingerprint density at radius 2 is 1.95 bits per heavy atom. The number of rotatable bonds is 4. The van der Waals surface area contributed by atoms with Crippen LogP contribution in [-0.2, 0) is 6.42 Å². The Balaban J connectivity index is 2.38. The zero-order valence-corrected chi connectivity index (χ0v) is 12.2. The maximum absolute atomic E-state index is 13.7. The van der Waals surface area contributed by atoms with Gasteiger partial charge in [-0.2, -0.15) is 0 Å².